The van der Waals surface area contributed by atoms with Crippen LogP contribution in [0.5, 0.6) is 0 Å². The Hall–Kier alpha value is 0.110. The van der Waals surface area contributed by atoms with Gasteiger partial charge in [0.1, 0.15) is 0 Å². The summed E-state index contributed by atoms with van der Waals surface area (Å²) in [5.74, 6) is 2.99. The van der Waals surface area contributed by atoms with Gasteiger partial charge < -0.3 is 5.32 Å². The maximum atomic E-state index is 6.21. The first-order chi connectivity index (χ1) is 7.66. The molecule has 1 heterocycles. The van der Waals surface area contributed by atoms with Crippen molar-refractivity contribution in [3.8, 4) is 0 Å². The molecule has 1 N–H and O–H groups in total. The van der Waals surface area contributed by atoms with Gasteiger partial charge >= 0.3 is 0 Å². The first-order valence-corrected chi connectivity index (χ1v) is 7.34. The average molecular weight is 276 g/mol. The van der Waals surface area contributed by atoms with E-state index in [4.69, 9.17) is 23.2 Å². The molecule has 2 rings (SSSR count). The SMILES string of the molecule is CC1CNC(c2cc(Cl)ccc2Cl)CSC1. The van der Waals surface area contributed by atoms with Gasteiger partial charge in [-0.05, 0) is 42.0 Å². The van der Waals surface area contributed by atoms with Crippen LogP contribution in [0.15, 0.2) is 18.2 Å². The van der Waals surface area contributed by atoms with Gasteiger partial charge in [-0.25, -0.2) is 0 Å². The van der Waals surface area contributed by atoms with Crippen LogP contribution in [0.1, 0.15) is 18.5 Å². The van der Waals surface area contributed by atoms with Crippen molar-refractivity contribution < 1.29 is 0 Å². The van der Waals surface area contributed by atoms with Crippen LogP contribution >= 0.6 is 35.0 Å². The molecule has 16 heavy (non-hydrogen) atoms. The molecular weight excluding hydrogens is 261 g/mol. The highest BCUT2D eigenvalue weighted by Gasteiger charge is 2.19. The monoisotopic (exact) mass is 275 g/mol. The Labute approximate surface area is 111 Å². The van der Waals surface area contributed by atoms with Gasteiger partial charge in [-0.2, -0.15) is 11.8 Å². The van der Waals surface area contributed by atoms with Crippen LogP contribution in [0.4, 0.5) is 0 Å². The predicted molar refractivity (Wildman–Crippen MR) is 73.7 cm³/mol. The lowest BCUT2D eigenvalue weighted by Gasteiger charge is -2.18. The number of hydrogen-bond donors (Lipinski definition) is 1. The van der Waals surface area contributed by atoms with E-state index in [1.165, 1.54) is 5.75 Å². The van der Waals surface area contributed by atoms with E-state index in [1.54, 1.807) is 0 Å². The zero-order valence-corrected chi connectivity index (χ0v) is 11.5. The van der Waals surface area contributed by atoms with Crippen LogP contribution in [0.2, 0.25) is 10.0 Å². The Morgan fingerprint density at radius 1 is 1.31 bits per heavy atom. The number of rotatable bonds is 1. The van der Waals surface area contributed by atoms with Gasteiger partial charge in [0.15, 0.2) is 0 Å². The molecule has 2 unspecified atom stereocenters. The summed E-state index contributed by atoms with van der Waals surface area (Å²) in [6, 6.07) is 6.00. The zero-order chi connectivity index (χ0) is 11.5. The Kier molecular flexibility index (Phi) is 4.42. The minimum absolute atomic E-state index is 0.321. The largest absolute Gasteiger partial charge is 0.309 e. The maximum Gasteiger partial charge on any atom is 0.0455 e. The molecule has 1 aromatic rings. The first kappa shape index (κ1) is 12.6. The normalized spacial score (nSPS) is 26.4. The van der Waals surface area contributed by atoms with Gasteiger partial charge in [-0.15, -0.1) is 0 Å². The van der Waals surface area contributed by atoms with E-state index in [1.807, 2.05) is 30.0 Å². The predicted octanol–water partition coefficient (Wildman–Crippen LogP) is 4.01. The summed E-state index contributed by atoms with van der Waals surface area (Å²) in [5.41, 5.74) is 1.12. The van der Waals surface area contributed by atoms with Gasteiger partial charge in [0, 0.05) is 21.8 Å². The van der Waals surface area contributed by atoms with Crippen molar-refractivity contribution in [3.63, 3.8) is 0 Å². The maximum absolute atomic E-state index is 6.21. The Bertz CT molecular complexity index is 370. The van der Waals surface area contributed by atoms with E-state index in [-0.39, 0.29) is 0 Å². The van der Waals surface area contributed by atoms with Crippen molar-refractivity contribution in [3.05, 3.63) is 33.8 Å². The van der Waals surface area contributed by atoms with E-state index in [0.29, 0.717) is 12.0 Å². The highest BCUT2D eigenvalue weighted by atomic mass is 35.5. The van der Waals surface area contributed by atoms with Gasteiger partial charge in [0.25, 0.3) is 0 Å². The minimum Gasteiger partial charge on any atom is -0.309 e. The summed E-state index contributed by atoms with van der Waals surface area (Å²) in [5, 5.41) is 5.11. The molecule has 0 amide bonds. The molecule has 0 bridgehead atoms. The molecule has 0 aliphatic carbocycles. The fourth-order valence-electron chi connectivity index (χ4n) is 1.83. The quantitative estimate of drug-likeness (QED) is 0.831. The van der Waals surface area contributed by atoms with E-state index in [0.717, 1.165) is 27.9 Å². The molecular formula is C12H15Cl2NS. The molecule has 0 saturated carbocycles. The second-order valence-electron chi connectivity index (χ2n) is 4.27. The van der Waals surface area contributed by atoms with Crippen molar-refractivity contribution in [2.24, 2.45) is 5.92 Å². The summed E-state index contributed by atoms with van der Waals surface area (Å²) in [7, 11) is 0. The van der Waals surface area contributed by atoms with Crippen molar-refractivity contribution in [1.29, 1.82) is 0 Å². The second kappa shape index (κ2) is 5.63. The molecule has 1 saturated heterocycles. The van der Waals surface area contributed by atoms with E-state index >= 15 is 0 Å². The molecule has 2 atom stereocenters. The molecule has 0 spiro atoms. The molecule has 1 aliphatic rings. The van der Waals surface area contributed by atoms with Gasteiger partial charge in [0.2, 0.25) is 0 Å². The number of halogens is 2. The van der Waals surface area contributed by atoms with Crippen LogP contribution in [-0.4, -0.2) is 18.1 Å². The lowest BCUT2D eigenvalue weighted by Crippen LogP contribution is -2.25. The third kappa shape index (κ3) is 3.07. The van der Waals surface area contributed by atoms with E-state index in [9.17, 15) is 0 Å². The summed E-state index contributed by atoms with van der Waals surface area (Å²) >= 11 is 14.2. The second-order valence-corrected chi connectivity index (χ2v) is 6.19. The fourth-order valence-corrected chi connectivity index (χ4v) is 3.45. The Balaban J connectivity index is 2.19. The molecule has 0 radical (unpaired) electrons. The van der Waals surface area contributed by atoms with Crippen LogP contribution in [-0.2, 0) is 0 Å². The molecule has 0 aromatic heterocycles. The Morgan fingerprint density at radius 3 is 2.94 bits per heavy atom. The highest BCUT2D eigenvalue weighted by Crippen LogP contribution is 2.30. The molecule has 1 nitrogen and oxygen atoms in total. The third-order valence-corrected chi connectivity index (χ3v) is 4.69. The average Bonchev–Trinajstić information content (AvgIpc) is 2.47. The Morgan fingerprint density at radius 2 is 2.12 bits per heavy atom. The van der Waals surface area contributed by atoms with Crippen LogP contribution in [0.25, 0.3) is 0 Å². The van der Waals surface area contributed by atoms with Gasteiger partial charge in [0.05, 0.1) is 0 Å². The van der Waals surface area contributed by atoms with Crippen molar-refractivity contribution in [1.82, 2.24) is 5.32 Å². The number of nitrogens with one attached hydrogen (secondary N) is 1. The molecule has 88 valence electrons. The van der Waals surface area contributed by atoms with Gasteiger partial charge in [-0.3, -0.25) is 0 Å². The first-order valence-electron chi connectivity index (χ1n) is 5.43. The minimum atomic E-state index is 0.321. The summed E-state index contributed by atoms with van der Waals surface area (Å²) in [6.07, 6.45) is 0. The van der Waals surface area contributed by atoms with Gasteiger partial charge in [-0.1, -0.05) is 30.1 Å². The lowest BCUT2D eigenvalue weighted by molar-refractivity contribution is 0.518. The van der Waals surface area contributed by atoms with Crippen LogP contribution < -0.4 is 5.32 Å². The number of benzene rings is 1. The fraction of sp³-hybridized carbons (Fsp3) is 0.500. The standard InChI is InChI=1S/C12H15Cl2NS/c1-8-5-15-12(7-16-6-8)10-4-9(13)2-3-11(10)14/h2-4,8,12,15H,5-7H2,1H3. The van der Waals surface area contributed by atoms with Crippen molar-refractivity contribution in [2.45, 2.75) is 13.0 Å². The zero-order valence-electron chi connectivity index (χ0n) is 9.17. The lowest BCUT2D eigenvalue weighted by atomic mass is 10.1. The van der Waals surface area contributed by atoms with Crippen LogP contribution in [0.3, 0.4) is 0 Å². The summed E-state index contributed by atoms with van der Waals surface area (Å²) in [4.78, 5) is 0. The van der Waals surface area contributed by atoms with Crippen molar-refractivity contribution in [2.75, 3.05) is 18.1 Å². The van der Waals surface area contributed by atoms with Crippen LogP contribution in [0, 0.1) is 5.92 Å². The molecule has 1 fully saturated rings. The number of hydrogen-bond acceptors (Lipinski definition) is 2. The number of thioether (sulfide) groups is 1. The topological polar surface area (TPSA) is 12.0 Å². The van der Waals surface area contributed by atoms with E-state index in [2.05, 4.69) is 12.2 Å². The third-order valence-electron chi connectivity index (χ3n) is 2.73. The molecule has 1 aromatic carbocycles. The summed E-state index contributed by atoms with van der Waals surface area (Å²) in [6.45, 7) is 3.31. The van der Waals surface area contributed by atoms with E-state index < -0.39 is 0 Å². The molecule has 4 heteroatoms. The molecule has 1 aliphatic heterocycles. The van der Waals surface area contributed by atoms with Crippen molar-refractivity contribution >= 4 is 35.0 Å². The smallest absolute Gasteiger partial charge is 0.0455 e. The summed E-state index contributed by atoms with van der Waals surface area (Å²) < 4.78 is 0. The highest BCUT2D eigenvalue weighted by molar-refractivity contribution is 7.99.